The Labute approximate surface area is 100 Å². The first-order valence-corrected chi connectivity index (χ1v) is 7.02. The SMILES string of the molecule is O=C(CC1C=CS(=O)(=O)C1)Nc1ccccc1. The predicted octanol–water partition coefficient (Wildman–Crippen LogP) is 1.57. The van der Waals surface area contributed by atoms with Gasteiger partial charge in [0.1, 0.15) is 0 Å². The number of nitrogens with one attached hydrogen (secondary N) is 1. The Morgan fingerprint density at radius 1 is 1.29 bits per heavy atom. The van der Waals surface area contributed by atoms with Crippen LogP contribution in [0.25, 0.3) is 0 Å². The third-order valence-corrected chi connectivity index (χ3v) is 3.97. The molecule has 1 heterocycles. The summed E-state index contributed by atoms with van der Waals surface area (Å²) in [5.74, 6) is -0.332. The second kappa shape index (κ2) is 4.71. The highest BCUT2D eigenvalue weighted by atomic mass is 32.2. The van der Waals surface area contributed by atoms with E-state index in [1.807, 2.05) is 18.2 Å². The molecule has 1 atom stereocenters. The lowest BCUT2D eigenvalue weighted by molar-refractivity contribution is -0.116. The molecule has 0 radical (unpaired) electrons. The molecule has 5 heteroatoms. The second-order valence-corrected chi connectivity index (χ2v) is 5.97. The van der Waals surface area contributed by atoms with Crippen molar-refractivity contribution in [3.63, 3.8) is 0 Å². The maximum atomic E-state index is 11.6. The zero-order valence-electron chi connectivity index (χ0n) is 9.17. The lowest BCUT2D eigenvalue weighted by atomic mass is 10.1. The van der Waals surface area contributed by atoms with E-state index in [0.29, 0.717) is 0 Å². The first kappa shape index (κ1) is 11.9. The van der Waals surface area contributed by atoms with Crippen molar-refractivity contribution in [2.45, 2.75) is 6.42 Å². The first-order chi connectivity index (χ1) is 8.05. The van der Waals surface area contributed by atoms with Crippen molar-refractivity contribution >= 4 is 21.4 Å². The van der Waals surface area contributed by atoms with E-state index in [-0.39, 0.29) is 24.0 Å². The summed E-state index contributed by atoms with van der Waals surface area (Å²) in [5.41, 5.74) is 0.724. The van der Waals surface area contributed by atoms with Crippen molar-refractivity contribution in [2.24, 2.45) is 5.92 Å². The summed E-state index contributed by atoms with van der Waals surface area (Å²) in [6.45, 7) is 0. The van der Waals surface area contributed by atoms with Crippen LogP contribution >= 0.6 is 0 Å². The Balaban J connectivity index is 1.89. The molecule has 0 saturated carbocycles. The van der Waals surface area contributed by atoms with Crippen molar-refractivity contribution in [1.29, 1.82) is 0 Å². The maximum absolute atomic E-state index is 11.6. The number of carbonyl (C=O) groups excluding carboxylic acids is 1. The van der Waals surface area contributed by atoms with Crippen LogP contribution in [0, 0.1) is 5.92 Å². The van der Waals surface area contributed by atoms with Crippen LogP contribution < -0.4 is 5.32 Å². The zero-order valence-corrected chi connectivity index (χ0v) is 9.98. The molecule has 0 spiro atoms. The van der Waals surface area contributed by atoms with E-state index in [9.17, 15) is 13.2 Å². The van der Waals surface area contributed by atoms with Gasteiger partial charge in [-0.2, -0.15) is 0 Å². The summed E-state index contributed by atoms with van der Waals surface area (Å²) < 4.78 is 22.3. The summed E-state index contributed by atoms with van der Waals surface area (Å²) in [5, 5.41) is 3.92. The van der Waals surface area contributed by atoms with Crippen LogP contribution in [0.2, 0.25) is 0 Å². The van der Waals surface area contributed by atoms with Gasteiger partial charge in [-0.25, -0.2) is 8.42 Å². The number of rotatable bonds is 3. The number of benzene rings is 1. The fourth-order valence-corrected chi connectivity index (χ4v) is 3.14. The van der Waals surface area contributed by atoms with E-state index in [0.717, 1.165) is 5.69 Å². The number of anilines is 1. The average molecular weight is 251 g/mol. The molecule has 1 aromatic rings. The first-order valence-electron chi connectivity index (χ1n) is 5.31. The van der Waals surface area contributed by atoms with Crippen LogP contribution in [0.4, 0.5) is 5.69 Å². The van der Waals surface area contributed by atoms with Gasteiger partial charge in [-0.15, -0.1) is 0 Å². The molecule has 1 aliphatic rings. The summed E-state index contributed by atoms with van der Waals surface area (Å²) in [7, 11) is -3.07. The van der Waals surface area contributed by atoms with Gasteiger partial charge in [-0.05, 0) is 12.1 Å². The molecule has 1 aromatic carbocycles. The number of allylic oxidation sites excluding steroid dienone is 1. The normalized spacial score (nSPS) is 21.3. The summed E-state index contributed by atoms with van der Waals surface area (Å²) in [6, 6.07) is 9.10. The molecule has 0 bridgehead atoms. The fourth-order valence-electron chi connectivity index (χ4n) is 1.74. The van der Waals surface area contributed by atoms with E-state index in [1.54, 1.807) is 18.2 Å². The lowest BCUT2D eigenvalue weighted by Crippen LogP contribution is -2.17. The van der Waals surface area contributed by atoms with Crippen molar-refractivity contribution < 1.29 is 13.2 Å². The van der Waals surface area contributed by atoms with E-state index < -0.39 is 9.84 Å². The maximum Gasteiger partial charge on any atom is 0.224 e. The molecule has 0 fully saturated rings. The Morgan fingerprint density at radius 3 is 2.59 bits per heavy atom. The summed E-state index contributed by atoms with van der Waals surface area (Å²) >= 11 is 0. The molecule has 2 rings (SSSR count). The highest BCUT2D eigenvalue weighted by molar-refractivity contribution is 7.94. The number of hydrogen-bond donors (Lipinski definition) is 1. The minimum Gasteiger partial charge on any atom is -0.326 e. The molecule has 1 unspecified atom stereocenters. The molecule has 0 aliphatic carbocycles. The minimum atomic E-state index is -3.07. The third-order valence-electron chi connectivity index (χ3n) is 2.51. The van der Waals surface area contributed by atoms with Crippen molar-refractivity contribution in [3.05, 3.63) is 41.8 Å². The highest BCUT2D eigenvalue weighted by Gasteiger charge is 2.23. The number of para-hydroxylation sites is 1. The Bertz CT molecular complexity index is 534. The molecule has 1 amide bonds. The number of carbonyl (C=O) groups is 1. The average Bonchev–Trinajstić information content (AvgIpc) is 2.59. The van der Waals surface area contributed by atoms with Gasteiger partial charge < -0.3 is 5.32 Å². The van der Waals surface area contributed by atoms with Crippen molar-refractivity contribution in [3.8, 4) is 0 Å². The van der Waals surface area contributed by atoms with Crippen LogP contribution in [0.15, 0.2) is 41.8 Å². The number of amides is 1. The number of hydrogen-bond acceptors (Lipinski definition) is 3. The lowest BCUT2D eigenvalue weighted by Gasteiger charge is -2.07. The van der Waals surface area contributed by atoms with E-state index in [2.05, 4.69) is 5.32 Å². The molecule has 0 saturated heterocycles. The van der Waals surface area contributed by atoms with Gasteiger partial charge in [0.05, 0.1) is 5.75 Å². The molecule has 1 N–H and O–H groups in total. The number of sulfone groups is 1. The van der Waals surface area contributed by atoms with E-state index >= 15 is 0 Å². The molecule has 0 aromatic heterocycles. The highest BCUT2D eigenvalue weighted by Crippen LogP contribution is 2.19. The van der Waals surface area contributed by atoms with Crippen LogP contribution in [0.5, 0.6) is 0 Å². The fraction of sp³-hybridized carbons (Fsp3) is 0.250. The van der Waals surface area contributed by atoms with Gasteiger partial charge >= 0.3 is 0 Å². The zero-order chi connectivity index (χ0) is 12.3. The molecular weight excluding hydrogens is 238 g/mol. The van der Waals surface area contributed by atoms with Crippen LogP contribution in [0.3, 0.4) is 0 Å². The van der Waals surface area contributed by atoms with Crippen molar-refractivity contribution in [1.82, 2.24) is 0 Å². The predicted molar refractivity (Wildman–Crippen MR) is 66.1 cm³/mol. The quantitative estimate of drug-likeness (QED) is 0.887. The van der Waals surface area contributed by atoms with Gasteiger partial charge in [0, 0.05) is 23.4 Å². The van der Waals surface area contributed by atoms with Gasteiger partial charge in [0.25, 0.3) is 0 Å². The molecular formula is C12H13NO3S. The minimum absolute atomic E-state index is 0.0369. The monoisotopic (exact) mass is 251 g/mol. The van der Waals surface area contributed by atoms with Gasteiger partial charge in [0.15, 0.2) is 9.84 Å². The van der Waals surface area contributed by atoms with E-state index in [1.165, 1.54) is 5.41 Å². The van der Waals surface area contributed by atoms with Crippen LogP contribution in [-0.4, -0.2) is 20.1 Å². The second-order valence-electron chi connectivity index (χ2n) is 4.04. The van der Waals surface area contributed by atoms with Gasteiger partial charge in [-0.1, -0.05) is 24.3 Å². The molecule has 1 aliphatic heterocycles. The largest absolute Gasteiger partial charge is 0.326 e. The van der Waals surface area contributed by atoms with Crippen molar-refractivity contribution in [2.75, 3.05) is 11.1 Å². The van der Waals surface area contributed by atoms with E-state index in [4.69, 9.17) is 0 Å². The third kappa shape index (κ3) is 3.42. The molecule has 90 valence electrons. The van der Waals surface area contributed by atoms with Gasteiger partial charge in [-0.3, -0.25) is 4.79 Å². The Morgan fingerprint density at radius 2 is 2.00 bits per heavy atom. The topological polar surface area (TPSA) is 63.2 Å². The standard InChI is InChI=1S/C12H13NO3S/c14-12(13-11-4-2-1-3-5-11)8-10-6-7-17(15,16)9-10/h1-7,10H,8-9H2,(H,13,14). The molecule has 17 heavy (non-hydrogen) atoms. The van der Waals surface area contributed by atoms with Crippen LogP contribution in [-0.2, 0) is 14.6 Å². The Kier molecular flexibility index (Phi) is 3.28. The smallest absolute Gasteiger partial charge is 0.224 e. The Hall–Kier alpha value is -1.62. The van der Waals surface area contributed by atoms with Gasteiger partial charge in [0.2, 0.25) is 5.91 Å². The molecule has 4 nitrogen and oxygen atoms in total. The summed E-state index contributed by atoms with van der Waals surface area (Å²) in [4.78, 5) is 11.6. The van der Waals surface area contributed by atoms with Crippen LogP contribution in [0.1, 0.15) is 6.42 Å². The summed E-state index contributed by atoms with van der Waals surface area (Å²) in [6.07, 6.45) is 1.78.